The maximum Gasteiger partial charge on any atom is 0.115 e. The largest absolute Gasteiger partial charge is 0.508 e. The van der Waals surface area contributed by atoms with Crippen molar-refractivity contribution in [2.45, 2.75) is 84.0 Å². The Morgan fingerprint density at radius 2 is 1.45 bits per heavy atom. The lowest BCUT2D eigenvalue weighted by Gasteiger charge is -2.03. The standard InChI is InChI=1S/C21H34O/c1-2-3-4-5-6-7-8-9-10-11-12-13-14-16-20-17-15-18-21(22)19-20/h5-6,15,17-19,22H,2-4,7-14,16H2,1H3. The predicted octanol–water partition coefficient (Wildman–Crippen LogP) is 6.80. The Labute approximate surface area is 137 Å². The van der Waals surface area contributed by atoms with Crippen molar-refractivity contribution in [3.8, 4) is 5.75 Å². The minimum absolute atomic E-state index is 0.390. The summed E-state index contributed by atoms with van der Waals surface area (Å²) in [5.41, 5.74) is 1.26. The molecule has 0 bridgehead atoms. The fourth-order valence-electron chi connectivity index (χ4n) is 2.74. The van der Waals surface area contributed by atoms with Crippen LogP contribution in [0.5, 0.6) is 5.75 Å². The first-order valence-corrected chi connectivity index (χ1v) is 9.26. The molecule has 1 N–H and O–H groups in total. The van der Waals surface area contributed by atoms with Gasteiger partial charge in [-0.15, -0.1) is 0 Å². The van der Waals surface area contributed by atoms with Crippen LogP contribution >= 0.6 is 0 Å². The van der Waals surface area contributed by atoms with Crippen LogP contribution in [0.2, 0.25) is 0 Å². The molecular formula is C21H34O. The summed E-state index contributed by atoms with van der Waals surface area (Å²) in [5.74, 6) is 0.390. The Morgan fingerprint density at radius 1 is 0.818 bits per heavy atom. The predicted molar refractivity (Wildman–Crippen MR) is 97.4 cm³/mol. The minimum Gasteiger partial charge on any atom is -0.508 e. The first-order chi connectivity index (χ1) is 10.8. The second kappa shape index (κ2) is 13.4. The monoisotopic (exact) mass is 302 g/mol. The van der Waals surface area contributed by atoms with Crippen molar-refractivity contribution in [1.29, 1.82) is 0 Å². The van der Waals surface area contributed by atoms with Crippen LogP contribution in [-0.4, -0.2) is 5.11 Å². The van der Waals surface area contributed by atoms with Gasteiger partial charge in [0.2, 0.25) is 0 Å². The molecule has 1 heteroatoms. The highest BCUT2D eigenvalue weighted by Gasteiger charge is 1.96. The van der Waals surface area contributed by atoms with E-state index in [1.807, 2.05) is 12.1 Å². The summed E-state index contributed by atoms with van der Waals surface area (Å²) in [7, 11) is 0. The number of unbranched alkanes of at least 4 members (excludes halogenated alkanes) is 9. The number of aromatic hydroxyl groups is 1. The van der Waals surface area contributed by atoms with Crippen molar-refractivity contribution in [3.05, 3.63) is 42.0 Å². The molecule has 0 fully saturated rings. The van der Waals surface area contributed by atoms with E-state index < -0.39 is 0 Å². The fraction of sp³-hybridized carbons (Fsp3) is 0.619. The van der Waals surface area contributed by atoms with E-state index in [4.69, 9.17) is 0 Å². The Balaban J connectivity index is 1.85. The molecule has 0 spiro atoms. The molecule has 0 saturated carbocycles. The average molecular weight is 303 g/mol. The van der Waals surface area contributed by atoms with Gasteiger partial charge in [-0.2, -0.15) is 0 Å². The van der Waals surface area contributed by atoms with Crippen molar-refractivity contribution in [3.63, 3.8) is 0 Å². The summed E-state index contributed by atoms with van der Waals surface area (Å²) in [4.78, 5) is 0. The molecule has 0 aliphatic carbocycles. The first-order valence-electron chi connectivity index (χ1n) is 9.26. The summed E-state index contributed by atoms with van der Waals surface area (Å²) in [6, 6.07) is 7.66. The topological polar surface area (TPSA) is 20.2 Å². The van der Waals surface area contributed by atoms with E-state index in [1.165, 1.54) is 76.2 Å². The molecule has 1 rings (SSSR count). The molecule has 124 valence electrons. The second-order valence-electron chi connectivity index (χ2n) is 6.30. The molecule has 0 amide bonds. The van der Waals surface area contributed by atoms with E-state index in [-0.39, 0.29) is 0 Å². The minimum atomic E-state index is 0.390. The lowest BCUT2D eigenvalue weighted by molar-refractivity contribution is 0.474. The first kappa shape index (κ1) is 18.8. The molecule has 0 aromatic heterocycles. The van der Waals surface area contributed by atoms with Gasteiger partial charge in [-0.25, -0.2) is 0 Å². The molecule has 0 unspecified atom stereocenters. The molecule has 0 radical (unpaired) electrons. The van der Waals surface area contributed by atoms with Gasteiger partial charge in [0, 0.05) is 0 Å². The summed E-state index contributed by atoms with van der Waals surface area (Å²) in [6.45, 7) is 2.25. The van der Waals surface area contributed by atoms with Gasteiger partial charge in [0.25, 0.3) is 0 Å². The number of phenolic OH excluding ortho intramolecular Hbond substituents is 1. The Hall–Kier alpha value is -1.24. The normalized spacial score (nSPS) is 11.3. The summed E-state index contributed by atoms with van der Waals surface area (Å²) in [6.07, 6.45) is 20.4. The van der Waals surface area contributed by atoms with Crippen LogP contribution in [0.25, 0.3) is 0 Å². The summed E-state index contributed by atoms with van der Waals surface area (Å²) in [5, 5.41) is 9.41. The zero-order chi connectivity index (χ0) is 15.9. The van der Waals surface area contributed by atoms with Crippen LogP contribution in [0.4, 0.5) is 0 Å². The third kappa shape index (κ3) is 10.5. The van der Waals surface area contributed by atoms with Crippen molar-refractivity contribution in [2.75, 3.05) is 0 Å². The Bertz CT molecular complexity index is 395. The highest BCUT2D eigenvalue weighted by molar-refractivity contribution is 5.27. The van der Waals surface area contributed by atoms with Crippen LogP contribution in [-0.2, 0) is 6.42 Å². The average Bonchev–Trinajstić information content (AvgIpc) is 2.52. The maximum absolute atomic E-state index is 9.41. The molecule has 1 aromatic carbocycles. The van der Waals surface area contributed by atoms with Gasteiger partial charge >= 0.3 is 0 Å². The third-order valence-corrected chi connectivity index (χ3v) is 4.14. The molecule has 0 aliphatic rings. The number of allylic oxidation sites excluding steroid dienone is 2. The number of phenols is 1. The molecule has 22 heavy (non-hydrogen) atoms. The van der Waals surface area contributed by atoms with Crippen molar-refractivity contribution in [1.82, 2.24) is 0 Å². The Kier molecular flexibility index (Phi) is 11.5. The smallest absolute Gasteiger partial charge is 0.115 e. The van der Waals surface area contributed by atoms with E-state index in [0.29, 0.717) is 5.75 Å². The van der Waals surface area contributed by atoms with E-state index in [1.54, 1.807) is 6.07 Å². The van der Waals surface area contributed by atoms with Crippen molar-refractivity contribution >= 4 is 0 Å². The maximum atomic E-state index is 9.41. The van der Waals surface area contributed by atoms with Gasteiger partial charge in [0.05, 0.1) is 0 Å². The molecule has 0 heterocycles. The number of hydrogen-bond donors (Lipinski definition) is 1. The second-order valence-corrected chi connectivity index (χ2v) is 6.30. The van der Waals surface area contributed by atoms with E-state index >= 15 is 0 Å². The van der Waals surface area contributed by atoms with Crippen LogP contribution in [0.3, 0.4) is 0 Å². The highest BCUT2D eigenvalue weighted by atomic mass is 16.3. The van der Waals surface area contributed by atoms with E-state index in [2.05, 4.69) is 25.1 Å². The highest BCUT2D eigenvalue weighted by Crippen LogP contribution is 2.15. The quantitative estimate of drug-likeness (QED) is 0.314. The van der Waals surface area contributed by atoms with Gasteiger partial charge in [-0.1, -0.05) is 76.2 Å². The molecule has 0 saturated heterocycles. The van der Waals surface area contributed by atoms with Crippen LogP contribution in [0.1, 0.15) is 83.1 Å². The van der Waals surface area contributed by atoms with Crippen LogP contribution in [0.15, 0.2) is 36.4 Å². The van der Waals surface area contributed by atoms with Gasteiger partial charge < -0.3 is 5.11 Å². The molecule has 0 aliphatic heterocycles. The van der Waals surface area contributed by atoms with Crippen molar-refractivity contribution in [2.24, 2.45) is 0 Å². The Morgan fingerprint density at radius 3 is 2.14 bits per heavy atom. The number of aryl methyl sites for hydroxylation is 1. The molecular weight excluding hydrogens is 268 g/mol. The van der Waals surface area contributed by atoms with E-state index in [0.717, 1.165) is 6.42 Å². The SMILES string of the molecule is CCCCC=CCCCCCCCCCc1cccc(O)c1. The summed E-state index contributed by atoms with van der Waals surface area (Å²) < 4.78 is 0. The van der Waals surface area contributed by atoms with Gasteiger partial charge in [-0.3, -0.25) is 0 Å². The zero-order valence-electron chi connectivity index (χ0n) is 14.4. The molecule has 0 atom stereocenters. The zero-order valence-corrected chi connectivity index (χ0v) is 14.4. The van der Waals surface area contributed by atoms with Gasteiger partial charge in [0.15, 0.2) is 0 Å². The van der Waals surface area contributed by atoms with Crippen molar-refractivity contribution < 1.29 is 5.11 Å². The molecule has 1 nitrogen and oxygen atoms in total. The van der Waals surface area contributed by atoms with Crippen LogP contribution < -0.4 is 0 Å². The van der Waals surface area contributed by atoms with Gasteiger partial charge in [-0.05, 0) is 49.8 Å². The fourth-order valence-corrected chi connectivity index (χ4v) is 2.74. The third-order valence-electron chi connectivity index (χ3n) is 4.14. The van der Waals surface area contributed by atoms with E-state index in [9.17, 15) is 5.11 Å². The lowest BCUT2D eigenvalue weighted by Crippen LogP contribution is -1.86. The summed E-state index contributed by atoms with van der Waals surface area (Å²) >= 11 is 0. The number of rotatable bonds is 13. The number of benzene rings is 1. The number of hydrogen-bond acceptors (Lipinski definition) is 1. The van der Waals surface area contributed by atoms with Gasteiger partial charge in [0.1, 0.15) is 5.75 Å². The molecule has 1 aromatic rings. The van der Waals surface area contributed by atoms with Crippen LogP contribution in [0, 0.1) is 0 Å². The lowest BCUT2D eigenvalue weighted by atomic mass is 10.0.